The summed E-state index contributed by atoms with van der Waals surface area (Å²) in [6.07, 6.45) is 2.60. The summed E-state index contributed by atoms with van der Waals surface area (Å²) in [6, 6.07) is 8.14. The number of rotatable bonds is 6. The van der Waals surface area contributed by atoms with Crippen LogP contribution in [0.4, 0.5) is 5.69 Å². The van der Waals surface area contributed by atoms with Crippen LogP contribution in [0, 0.1) is 0 Å². The summed E-state index contributed by atoms with van der Waals surface area (Å²) < 4.78 is 5.45. The Balaban J connectivity index is 1.46. The molecule has 1 aromatic rings. The van der Waals surface area contributed by atoms with Crippen molar-refractivity contribution in [2.24, 2.45) is 0 Å². The molecule has 6 nitrogen and oxygen atoms in total. The van der Waals surface area contributed by atoms with Crippen molar-refractivity contribution >= 4 is 11.6 Å². The molecular weight excluding hydrogens is 340 g/mol. The molecule has 0 spiro atoms. The van der Waals surface area contributed by atoms with E-state index in [1.54, 1.807) is 0 Å². The van der Waals surface area contributed by atoms with Gasteiger partial charge in [0.25, 0.3) is 0 Å². The summed E-state index contributed by atoms with van der Waals surface area (Å²) in [7, 11) is 2.22. The molecule has 0 aliphatic carbocycles. The summed E-state index contributed by atoms with van der Waals surface area (Å²) in [6.45, 7) is 11.0. The second-order valence-electron chi connectivity index (χ2n) is 7.75. The van der Waals surface area contributed by atoms with Crippen molar-refractivity contribution in [3.63, 3.8) is 0 Å². The highest BCUT2D eigenvalue weighted by molar-refractivity contribution is 5.94. The smallest absolute Gasteiger partial charge is 0.241 e. The lowest BCUT2D eigenvalue weighted by atomic mass is 10.0. The second kappa shape index (κ2) is 9.53. The van der Waals surface area contributed by atoms with Crippen molar-refractivity contribution in [3.05, 3.63) is 24.3 Å². The molecule has 2 saturated heterocycles. The molecule has 2 fully saturated rings. The first-order valence-electron chi connectivity index (χ1n) is 10.3. The summed E-state index contributed by atoms with van der Waals surface area (Å²) in [5.74, 6) is 0.887. The molecule has 0 radical (unpaired) electrons. The van der Waals surface area contributed by atoms with E-state index in [1.807, 2.05) is 38.1 Å². The van der Waals surface area contributed by atoms with Gasteiger partial charge in [0, 0.05) is 44.5 Å². The van der Waals surface area contributed by atoms with E-state index in [4.69, 9.17) is 4.74 Å². The Labute approximate surface area is 163 Å². The van der Waals surface area contributed by atoms with Crippen LogP contribution in [0.15, 0.2) is 24.3 Å². The number of likely N-dealkylation sites (N-methyl/N-ethyl adjacent to an activating group) is 1. The molecule has 0 saturated carbocycles. The lowest BCUT2D eigenvalue weighted by Gasteiger charge is -2.43. The average Bonchev–Trinajstić information content (AvgIpc) is 2.69. The summed E-state index contributed by atoms with van der Waals surface area (Å²) in [5, 5.41) is 3.03. The molecule has 0 bridgehead atoms. The van der Waals surface area contributed by atoms with Crippen LogP contribution in [0.5, 0.6) is 5.75 Å². The Morgan fingerprint density at radius 3 is 2.52 bits per heavy atom. The van der Waals surface area contributed by atoms with Gasteiger partial charge in [-0.2, -0.15) is 0 Å². The van der Waals surface area contributed by atoms with Gasteiger partial charge in [-0.15, -0.1) is 0 Å². The molecule has 2 atom stereocenters. The van der Waals surface area contributed by atoms with Gasteiger partial charge in [0.15, 0.2) is 0 Å². The first-order chi connectivity index (χ1) is 13.1. The molecule has 3 rings (SSSR count). The third-order valence-electron chi connectivity index (χ3n) is 5.82. The zero-order valence-electron chi connectivity index (χ0n) is 17.0. The number of carbonyl (C=O) groups excluding carboxylic acids is 1. The number of carbonyl (C=O) groups is 1. The zero-order chi connectivity index (χ0) is 19.2. The van der Waals surface area contributed by atoms with Crippen molar-refractivity contribution in [2.75, 3.05) is 58.2 Å². The minimum Gasteiger partial charge on any atom is -0.494 e. The molecule has 2 aliphatic rings. The third kappa shape index (κ3) is 5.43. The number of piperazine rings is 1. The topological polar surface area (TPSA) is 48.1 Å². The highest BCUT2D eigenvalue weighted by Gasteiger charge is 2.30. The number of hydrogen-bond donors (Lipinski definition) is 1. The molecule has 1 aromatic carbocycles. The molecule has 2 aliphatic heterocycles. The Kier molecular flexibility index (Phi) is 7.10. The van der Waals surface area contributed by atoms with Gasteiger partial charge >= 0.3 is 0 Å². The van der Waals surface area contributed by atoms with Crippen LogP contribution in [-0.2, 0) is 4.79 Å². The number of amides is 1. The monoisotopic (exact) mass is 374 g/mol. The Morgan fingerprint density at radius 1 is 1.19 bits per heavy atom. The van der Waals surface area contributed by atoms with E-state index in [0.717, 1.165) is 37.6 Å². The quantitative estimate of drug-likeness (QED) is 0.827. The molecule has 1 N–H and O–H groups in total. The number of likely N-dealkylation sites (tertiary alicyclic amines) is 1. The van der Waals surface area contributed by atoms with E-state index >= 15 is 0 Å². The molecule has 0 aromatic heterocycles. The minimum absolute atomic E-state index is 0.0602. The van der Waals surface area contributed by atoms with E-state index in [1.165, 1.54) is 25.9 Å². The van der Waals surface area contributed by atoms with Gasteiger partial charge in [-0.05, 0) is 64.5 Å². The number of nitrogens with one attached hydrogen (secondary N) is 1. The van der Waals surface area contributed by atoms with Gasteiger partial charge in [-0.3, -0.25) is 14.6 Å². The van der Waals surface area contributed by atoms with Gasteiger partial charge in [0.2, 0.25) is 5.91 Å². The zero-order valence-corrected chi connectivity index (χ0v) is 17.0. The number of piperidine rings is 1. The van der Waals surface area contributed by atoms with Gasteiger partial charge in [-0.1, -0.05) is 0 Å². The lowest BCUT2D eigenvalue weighted by Crippen LogP contribution is -2.57. The van der Waals surface area contributed by atoms with Crippen LogP contribution in [0.25, 0.3) is 0 Å². The maximum absolute atomic E-state index is 12.6. The predicted octanol–water partition coefficient (Wildman–Crippen LogP) is 2.12. The van der Waals surface area contributed by atoms with E-state index in [0.29, 0.717) is 12.6 Å². The molecule has 2 unspecified atom stereocenters. The molecule has 2 heterocycles. The lowest BCUT2D eigenvalue weighted by molar-refractivity contribution is -0.121. The van der Waals surface area contributed by atoms with Gasteiger partial charge < -0.3 is 15.0 Å². The first-order valence-corrected chi connectivity index (χ1v) is 10.3. The van der Waals surface area contributed by atoms with E-state index in [2.05, 4.69) is 27.1 Å². The van der Waals surface area contributed by atoms with E-state index in [9.17, 15) is 4.79 Å². The standard InChI is InChI=1S/C21H34N4O2/c1-4-27-20-9-7-18(8-10-20)22-21(26)17(2)24-12-14-25(15-13-24)19-6-5-11-23(3)16-19/h7-10,17,19H,4-6,11-16H2,1-3H3,(H,22,26). The van der Waals surface area contributed by atoms with Gasteiger partial charge in [-0.25, -0.2) is 0 Å². The molecular formula is C21H34N4O2. The summed E-state index contributed by atoms with van der Waals surface area (Å²) in [4.78, 5) is 20.0. The Hall–Kier alpha value is -1.63. The number of ether oxygens (including phenoxy) is 1. The Bertz CT molecular complexity index is 599. The second-order valence-corrected chi connectivity index (χ2v) is 7.75. The molecule has 1 amide bonds. The minimum atomic E-state index is -0.118. The van der Waals surface area contributed by atoms with Crippen molar-refractivity contribution in [1.29, 1.82) is 0 Å². The molecule has 6 heteroatoms. The number of anilines is 1. The summed E-state index contributed by atoms with van der Waals surface area (Å²) >= 11 is 0. The average molecular weight is 375 g/mol. The van der Waals surface area contributed by atoms with Gasteiger partial charge in [0.05, 0.1) is 12.6 Å². The first kappa shape index (κ1) is 20.1. The SMILES string of the molecule is CCOc1ccc(NC(=O)C(C)N2CCN(C3CCCN(C)C3)CC2)cc1. The normalized spacial score (nSPS) is 23.7. The van der Waals surface area contributed by atoms with Gasteiger partial charge in [0.1, 0.15) is 5.75 Å². The van der Waals surface area contributed by atoms with Crippen LogP contribution in [0.3, 0.4) is 0 Å². The number of hydrogen-bond acceptors (Lipinski definition) is 5. The molecule has 150 valence electrons. The van der Waals surface area contributed by atoms with Crippen molar-refractivity contribution in [3.8, 4) is 5.75 Å². The van der Waals surface area contributed by atoms with Crippen LogP contribution >= 0.6 is 0 Å². The van der Waals surface area contributed by atoms with Crippen molar-refractivity contribution in [2.45, 2.75) is 38.8 Å². The molecule has 27 heavy (non-hydrogen) atoms. The highest BCUT2D eigenvalue weighted by atomic mass is 16.5. The number of nitrogens with zero attached hydrogens (tertiary/aromatic N) is 3. The third-order valence-corrected chi connectivity index (χ3v) is 5.82. The maximum atomic E-state index is 12.6. The van der Waals surface area contributed by atoms with Crippen molar-refractivity contribution < 1.29 is 9.53 Å². The fourth-order valence-corrected chi connectivity index (χ4v) is 4.14. The van der Waals surface area contributed by atoms with Crippen LogP contribution in [0.1, 0.15) is 26.7 Å². The maximum Gasteiger partial charge on any atom is 0.241 e. The largest absolute Gasteiger partial charge is 0.494 e. The fraction of sp³-hybridized carbons (Fsp3) is 0.667. The highest BCUT2D eigenvalue weighted by Crippen LogP contribution is 2.19. The Morgan fingerprint density at radius 2 is 1.89 bits per heavy atom. The van der Waals surface area contributed by atoms with E-state index < -0.39 is 0 Å². The van der Waals surface area contributed by atoms with Crippen molar-refractivity contribution in [1.82, 2.24) is 14.7 Å². The summed E-state index contributed by atoms with van der Waals surface area (Å²) in [5.41, 5.74) is 0.819. The number of benzene rings is 1. The van der Waals surface area contributed by atoms with E-state index in [-0.39, 0.29) is 11.9 Å². The fourth-order valence-electron chi connectivity index (χ4n) is 4.14. The van der Waals surface area contributed by atoms with Crippen LogP contribution in [0.2, 0.25) is 0 Å². The van der Waals surface area contributed by atoms with Crippen LogP contribution in [-0.4, -0.2) is 85.6 Å². The predicted molar refractivity (Wildman–Crippen MR) is 109 cm³/mol. The van der Waals surface area contributed by atoms with Crippen LogP contribution < -0.4 is 10.1 Å².